The van der Waals surface area contributed by atoms with Gasteiger partial charge in [0.15, 0.2) is 6.61 Å². The molecule has 0 aromatic carbocycles. The van der Waals surface area contributed by atoms with Crippen LogP contribution in [0.25, 0.3) is 10.2 Å². The van der Waals surface area contributed by atoms with Gasteiger partial charge in [-0.2, -0.15) is 4.98 Å². The number of anilines is 1. The third kappa shape index (κ3) is 2.65. The van der Waals surface area contributed by atoms with Crippen molar-refractivity contribution in [2.24, 2.45) is 5.84 Å². The van der Waals surface area contributed by atoms with Gasteiger partial charge in [0.25, 0.3) is 6.43 Å². The van der Waals surface area contributed by atoms with Crippen molar-refractivity contribution >= 4 is 27.5 Å². The molecule has 8 heteroatoms. The number of nitrogens with zero attached hydrogens (tertiary/aromatic N) is 2. The zero-order valence-corrected chi connectivity index (χ0v) is 10.4. The van der Waals surface area contributed by atoms with Crippen LogP contribution in [0.3, 0.4) is 0 Å². The first kappa shape index (κ1) is 12.9. The van der Waals surface area contributed by atoms with Gasteiger partial charge in [0.05, 0.1) is 5.39 Å². The van der Waals surface area contributed by atoms with Crippen LogP contribution in [-0.2, 0) is 6.42 Å². The van der Waals surface area contributed by atoms with Crippen molar-refractivity contribution in [3.05, 3.63) is 10.9 Å². The molecule has 0 spiro atoms. The van der Waals surface area contributed by atoms with Crippen LogP contribution in [0.15, 0.2) is 6.07 Å². The topological polar surface area (TPSA) is 73.1 Å². The van der Waals surface area contributed by atoms with Gasteiger partial charge in [-0.25, -0.2) is 19.6 Å². The largest absolute Gasteiger partial charge is 0.471 e. The number of hydrogen-bond donors (Lipinski definition) is 2. The second-order valence-corrected chi connectivity index (χ2v) is 4.60. The minimum absolute atomic E-state index is 0.129. The number of halogens is 2. The van der Waals surface area contributed by atoms with Gasteiger partial charge < -0.3 is 4.74 Å². The molecule has 0 atom stereocenters. The van der Waals surface area contributed by atoms with E-state index in [1.807, 2.05) is 13.0 Å². The Bertz CT molecular complexity index is 546. The average molecular weight is 274 g/mol. The van der Waals surface area contributed by atoms with Crippen molar-refractivity contribution in [3.8, 4) is 5.88 Å². The smallest absolute Gasteiger partial charge is 0.272 e. The lowest BCUT2D eigenvalue weighted by Gasteiger charge is -2.06. The van der Waals surface area contributed by atoms with Crippen LogP contribution >= 0.6 is 11.3 Å². The number of nitrogens with two attached hydrogens (primary N) is 1. The number of fused-ring (bicyclic) bond motifs is 1. The minimum Gasteiger partial charge on any atom is -0.471 e. The molecule has 2 rings (SSSR count). The van der Waals surface area contributed by atoms with Gasteiger partial charge in [-0.15, -0.1) is 11.3 Å². The second kappa shape index (κ2) is 5.40. The van der Waals surface area contributed by atoms with Crippen molar-refractivity contribution < 1.29 is 13.5 Å². The molecule has 3 N–H and O–H groups in total. The van der Waals surface area contributed by atoms with Gasteiger partial charge in [-0.3, -0.25) is 5.43 Å². The number of alkyl halides is 2. The van der Waals surface area contributed by atoms with Gasteiger partial charge in [0.1, 0.15) is 4.83 Å². The molecule has 0 aliphatic carbocycles. The highest BCUT2D eigenvalue weighted by molar-refractivity contribution is 7.18. The Hall–Kier alpha value is -1.54. The zero-order valence-electron chi connectivity index (χ0n) is 9.61. The first-order valence-electron chi connectivity index (χ1n) is 5.32. The van der Waals surface area contributed by atoms with E-state index in [4.69, 9.17) is 10.6 Å². The average Bonchev–Trinajstić information content (AvgIpc) is 2.78. The Morgan fingerprint density at radius 2 is 2.28 bits per heavy atom. The number of hydrogen-bond acceptors (Lipinski definition) is 6. The Kier molecular flexibility index (Phi) is 3.87. The van der Waals surface area contributed by atoms with E-state index in [0.29, 0.717) is 10.2 Å². The molecule has 0 saturated carbocycles. The molecule has 18 heavy (non-hydrogen) atoms. The fourth-order valence-electron chi connectivity index (χ4n) is 1.44. The standard InChI is InChI=1S/C10H12F2N4OS/c1-2-5-3-6-8(17-4-7(11)12)14-10(16-13)15-9(6)18-5/h3,7H,2,4,13H2,1H3,(H,14,15,16). The van der Waals surface area contributed by atoms with Crippen molar-refractivity contribution in [1.29, 1.82) is 0 Å². The lowest BCUT2D eigenvalue weighted by Crippen LogP contribution is -2.13. The highest BCUT2D eigenvalue weighted by atomic mass is 32.1. The predicted molar refractivity (Wildman–Crippen MR) is 66.1 cm³/mol. The van der Waals surface area contributed by atoms with Crippen LogP contribution in [0.2, 0.25) is 0 Å². The molecule has 0 unspecified atom stereocenters. The summed E-state index contributed by atoms with van der Waals surface area (Å²) in [5.41, 5.74) is 2.29. The highest BCUT2D eigenvalue weighted by Crippen LogP contribution is 2.31. The number of nitrogen functional groups attached to an aromatic ring is 1. The summed E-state index contributed by atoms with van der Waals surface area (Å²) in [7, 11) is 0. The molecule has 0 aliphatic rings. The van der Waals surface area contributed by atoms with Gasteiger partial charge >= 0.3 is 0 Å². The third-order valence-corrected chi connectivity index (χ3v) is 3.41. The van der Waals surface area contributed by atoms with Crippen LogP contribution in [0.5, 0.6) is 5.88 Å². The first-order chi connectivity index (χ1) is 8.63. The maximum atomic E-state index is 12.2. The molecule has 0 aliphatic heterocycles. The van der Waals surface area contributed by atoms with Crippen molar-refractivity contribution in [2.75, 3.05) is 12.0 Å². The quantitative estimate of drug-likeness (QED) is 0.646. The van der Waals surface area contributed by atoms with E-state index in [9.17, 15) is 8.78 Å². The van der Waals surface area contributed by atoms with Gasteiger partial charge in [0, 0.05) is 4.88 Å². The minimum atomic E-state index is -2.55. The van der Waals surface area contributed by atoms with E-state index >= 15 is 0 Å². The van der Waals surface area contributed by atoms with E-state index < -0.39 is 13.0 Å². The van der Waals surface area contributed by atoms with Crippen LogP contribution in [0.1, 0.15) is 11.8 Å². The summed E-state index contributed by atoms with van der Waals surface area (Å²) in [6.45, 7) is 1.30. The van der Waals surface area contributed by atoms with Crippen LogP contribution in [0.4, 0.5) is 14.7 Å². The number of rotatable bonds is 5. The third-order valence-electron chi connectivity index (χ3n) is 2.23. The molecule has 0 radical (unpaired) electrons. The summed E-state index contributed by atoms with van der Waals surface area (Å²) < 4.78 is 29.3. The number of ether oxygens (including phenoxy) is 1. The van der Waals surface area contributed by atoms with E-state index in [1.54, 1.807) is 0 Å². The van der Waals surface area contributed by atoms with Crippen molar-refractivity contribution in [3.63, 3.8) is 0 Å². The predicted octanol–water partition coefficient (Wildman–Crippen LogP) is 2.18. The summed E-state index contributed by atoms with van der Waals surface area (Å²) in [5.74, 6) is 5.51. The summed E-state index contributed by atoms with van der Waals surface area (Å²) in [5, 5.41) is 0.636. The maximum absolute atomic E-state index is 12.2. The molecule has 5 nitrogen and oxygen atoms in total. The van der Waals surface area contributed by atoms with E-state index in [2.05, 4.69) is 15.4 Å². The normalized spacial score (nSPS) is 11.2. The van der Waals surface area contributed by atoms with Crippen molar-refractivity contribution in [2.45, 2.75) is 19.8 Å². The molecule has 0 saturated heterocycles. The molecule has 2 heterocycles. The van der Waals surface area contributed by atoms with E-state index in [1.165, 1.54) is 11.3 Å². The summed E-state index contributed by atoms with van der Waals surface area (Å²) in [6.07, 6.45) is -1.71. The lowest BCUT2D eigenvalue weighted by molar-refractivity contribution is 0.0805. The second-order valence-electron chi connectivity index (χ2n) is 3.48. The van der Waals surface area contributed by atoms with E-state index in [0.717, 1.165) is 11.3 Å². The molecule has 98 valence electrons. The Labute approximate surface area is 106 Å². The monoisotopic (exact) mass is 274 g/mol. The molecule has 2 aromatic rings. The van der Waals surface area contributed by atoms with Crippen LogP contribution in [-0.4, -0.2) is 23.0 Å². The van der Waals surface area contributed by atoms with Crippen molar-refractivity contribution in [1.82, 2.24) is 9.97 Å². The Morgan fingerprint density at radius 3 is 2.89 bits per heavy atom. The first-order valence-corrected chi connectivity index (χ1v) is 6.13. The molecule has 0 fully saturated rings. The zero-order chi connectivity index (χ0) is 13.1. The maximum Gasteiger partial charge on any atom is 0.272 e. The van der Waals surface area contributed by atoms with Gasteiger partial charge in [0.2, 0.25) is 11.8 Å². The Morgan fingerprint density at radius 1 is 1.50 bits per heavy atom. The SMILES string of the molecule is CCc1cc2c(OCC(F)F)nc(NN)nc2s1. The van der Waals surface area contributed by atoms with Crippen LogP contribution in [0, 0.1) is 0 Å². The number of thiophene rings is 1. The van der Waals surface area contributed by atoms with Crippen LogP contribution < -0.4 is 16.0 Å². The lowest BCUT2D eigenvalue weighted by atomic mass is 10.3. The fourth-order valence-corrected chi connectivity index (χ4v) is 2.39. The van der Waals surface area contributed by atoms with E-state index in [-0.39, 0.29) is 11.8 Å². The summed E-state index contributed by atoms with van der Waals surface area (Å²) in [6, 6.07) is 1.85. The Balaban J connectivity index is 2.43. The summed E-state index contributed by atoms with van der Waals surface area (Å²) >= 11 is 1.46. The molecular formula is C10H12F2N4OS. The van der Waals surface area contributed by atoms with Gasteiger partial charge in [-0.1, -0.05) is 6.92 Å². The number of aryl methyl sites for hydroxylation is 1. The number of nitrogens with one attached hydrogen (secondary N) is 1. The fraction of sp³-hybridized carbons (Fsp3) is 0.400. The number of hydrazine groups is 1. The molecular weight excluding hydrogens is 262 g/mol. The molecule has 0 amide bonds. The summed E-state index contributed by atoms with van der Waals surface area (Å²) in [4.78, 5) is 9.84. The highest BCUT2D eigenvalue weighted by Gasteiger charge is 2.14. The molecule has 2 aromatic heterocycles. The number of aromatic nitrogens is 2. The molecule has 0 bridgehead atoms. The van der Waals surface area contributed by atoms with Gasteiger partial charge in [-0.05, 0) is 12.5 Å².